The Balaban J connectivity index is 1.48. The minimum atomic E-state index is -1.58. The number of carbonyl (C=O) groups excluding carboxylic acids is 1. The third kappa shape index (κ3) is 6.59. The summed E-state index contributed by atoms with van der Waals surface area (Å²) in [4.78, 5) is 34.7. The number of nitrogens with one attached hydrogen (secondary N) is 1. The van der Waals surface area contributed by atoms with Crippen molar-refractivity contribution in [3.05, 3.63) is 94.3 Å². The van der Waals surface area contributed by atoms with Crippen LogP contribution in [0, 0.1) is 17.5 Å². The number of benzene rings is 2. The van der Waals surface area contributed by atoms with Gasteiger partial charge in [-0.3, -0.25) is 4.79 Å². The summed E-state index contributed by atoms with van der Waals surface area (Å²) in [5, 5.41) is 6.80. The first-order valence-electron chi connectivity index (χ1n) is 11.4. The maximum absolute atomic E-state index is 13.7. The number of hydrogen-bond acceptors (Lipinski definition) is 7. The van der Waals surface area contributed by atoms with Gasteiger partial charge in [0.1, 0.15) is 0 Å². The molecule has 1 amide bonds. The van der Waals surface area contributed by atoms with Crippen molar-refractivity contribution in [2.45, 2.75) is 6.54 Å². The van der Waals surface area contributed by atoms with Crippen molar-refractivity contribution < 1.29 is 22.7 Å². The minimum Gasteiger partial charge on any atom is -0.407 e. The maximum atomic E-state index is 13.7. The predicted molar refractivity (Wildman–Crippen MR) is 133 cm³/mol. The van der Waals surface area contributed by atoms with E-state index in [9.17, 15) is 22.8 Å². The zero-order chi connectivity index (χ0) is 27.2. The van der Waals surface area contributed by atoms with Crippen LogP contribution in [0.5, 0.6) is 5.75 Å². The van der Waals surface area contributed by atoms with Gasteiger partial charge in [0.2, 0.25) is 0 Å². The Kier molecular flexibility index (Phi) is 8.12. The molecule has 2 aromatic carbocycles. The van der Waals surface area contributed by atoms with Crippen molar-refractivity contribution in [1.29, 1.82) is 0 Å². The van der Waals surface area contributed by atoms with E-state index in [1.807, 2.05) is 19.0 Å². The van der Waals surface area contributed by atoms with Gasteiger partial charge < -0.3 is 15.0 Å². The maximum Gasteiger partial charge on any atom is 0.412 e. The average molecular weight is 525 g/mol. The summed E-state index contributed by atoms with van der Waals surface area (Å²) in [5.74, 6) is -3.75. The van der Waals surface area contributed by atoms with Gasteiger partial charge in [-0.15, -0.1) is 0 Å². The summed E-state index contributed by atoms with van der Waals surface area (Å²) in [5.41, 5.74) is 0.962. The number of halogens is 3. The molecule has 2 heterocycles. The number of likely N-dealkylation sites (N-methyl/N-ethyl adjacent to an activating group) is 1. The molecule has 0 aliphatic rings. The van der Waals surface area contributed by atoms with Crippen LogP contribution >= 0.6 is 0 Å². The first-order chi connectivity index (χ1) is 18.2. The Morgan fingerprint density at radius 1 is 1.00 bits per heavy atom. The van der Waals surface area contributed by atoms with Crippen LogP contribution < -0.4 is 15.6 Å². The van der Waals surface area contributed by atoms with Gasteiger partial charge >= 0.3 is 6.09 Å². The van der Waals surface area contributed by atoms with Gasteiger partial charge in [0.05, 0.1) is 24.6 Å². The highest BCUT2D eigenvalue weighted by molar-refractivity contribution is 5.70. The molecule has 0 radical (unpaired) electrons. The van der Waals surface area contributed by atoms with Crippen LogP contribution in [0.2, 0.25) is 0 Å². The number of aromatic nitrogens is 4. The standard InChI is InChI=1S/C26H23F3N6O3/c1-34(2)9-8-30-26(37)38-19-13-31-25(32-14-19)17-5-3-4-16(10-17)15-35-23(36)7-6-22(33-35)18-11-20(27)24(29)21(28)12-18/h3-7,10-14H,8-9,15H2,1-2H3,(H,30,37). The molecule has 0 saturated heterocycles. The number of amides is 1. The van der Waals surface area contributed by atoms with E-state index >= 15 is 0 Å². The van der Waals surface area contributed by atoms with E-state index in [-0.39, 0.29) is 23.6 Å². The summed E-state index contributed by atoms with van der Waals surface area (Å²) >= 11 is 0. The molecular weight excluding hydrogens is 501 g/mol. The monoisotopic (exact) mass is 524 g/mol. The van der Waals surface area contributed by atoms with Gasteiger partial charge in [0.25, 0.3) is 5.56 Å². The van der Waals surface area contributed by atoms with Crippen LogP contribution in [0.15, 0.2) is 65.7 Å². The Hall–Kier alpha value is -4.58. The third-order valence-corrected chi connectivity index (χ3v) is 5.33. The molecule has 9 nitrogen and oxygen atoms in total. The molecule has 4 rings (SSSR count). The van der Waals surface area contributed by atoms with E-state index < -0.39 is 29.1 Å². The summed E-state index contributed by atoms with van der Waals surface area (Å²) in [6.07, 6.45) is 2.13. The Morgan fingerprint density at radius 3 is 2.39 bits per heavy atom. The van der Waals surface area contributed by atoms with Crippen LogP contribution in [0.1, 0.15) is 5.56 Å². The first-order valence-corrected chi connectivity index (χ1v) is 11.4. The lowest BCUT2D eigenvalue weighted by atomic mass is 10.1. The molecule has 4 aromatic rings. The quantitative estimate of drug-likeness (QED) is 0.352. The van der Waals surface area contributed by atoms with Gasteiger partial charge in [-0.05, 0) is 43.9 Å². The number of rotatable bonds is 8. The molecule has 0 spiro atoms. The van der Waals surface area contributed by atoms with E-state index in [4.69, 9.17) is 4.74 Å². The van der Waals surface area contributed by atoms with Gasteiger partial charge in [0.15, 0.2) is 29.0 Å². The zero-order valence-corrected chi connectivity index (χ0v) is 20.5. The second-order valence-electron chi connectivity index (χ2n) is 8.53. The molecule has 0 atom stereocenters. The topological polar surface area (TPSA) is 102 Å². The first kappa shape index (κ1) is 26.5. The number of hydrogen-bond donors (Lipinski definition) is 1. The lowest BCUT2D eigenvalue weighted by Crippen LogP contribution is -2.33. The average Bonchev–Trinajstić information content (AvgIpc) is 2.88. The molecule has 0 aliphatic heterocycles. The normalized spacial score (nSPS) is 11.0. The molecule has 1 N–H and O–H groups in total. The van der Waals surface area contributed by atoms with E-state index in [0.29, 0.717) is 30.0 Å². The van der Waals surface area contributed by atoms with Crippen LogP contribution in [0.25, 0.3) is 22.6 Å². The second-order valence-corrected chi connectivity index (χ2v) is 8.53. The highest BCUT2D eigenvalue weighted by atomic mass is 19.2. The van der Waals surface area contributed by atoms with Crippen molar-refractivity contribution in [2.24, 2.45) is 0 Å². The molecule has 0 unspecified atom stereocenters. The lowest BCUT2D eigenvalue weighted by molar-refractivity contribution is 0.199. The summed E-state index contributed by atoms with van der Waals surface area (Å²) in [6.45, 7) is 1.13. The van der Waals surface area contributed by atoms with E-state index in [1.54, 1.807) is 24.3 Å². The molecule has 38 heavy (non-hydrogen) atoms. The molecule has 0 aliphatic carbocycles. The Bertz CT molecular complexity index is 1490. The summed E-state index contributed by atoms with van der Waals surface area (Å²) < 4.78 is 46.9. The van der Waals surface area contributed by atoms with Crippen LogP contribution in [-0.2, 0) is 6.54 Å². The van der Waals surface area contributed by atoms with Crippen molar-refractivity contribution in [1.82, 2.24) is 30.0 Å². The van der Waals surface area contributed by atoms with Gasteiger partial charge in [0, 0.05) is 30.3 Å². The number of carbonyl (C=O) groups is 1. The van der Waals surface area contributed by atoms with Crippen molar-refractivity contribution in [3.8, 4) is 28.4 Å². The highest BCUT2D eigenvalue weighted by Crippen LogP contribution is 2.22. The van der Waals surface area contributed by atoms with Crippen molar-refractivity contribution >= 4 is 6.09 Å². The smallest absolute Gasteiger partial charge is 0.407 e. The molecule has 0 bridgehead atoms. The summed E-state index contributed by atoms with van der Waals surface area (Å²) in [6, 6.07) is 11.2. The van der Waals surface area contributed by atoms with Crippen molar-refractivity contribution in [3.63, 3.8) is 0 Å². The fraction of sp³-hybridized carbons (Fsp3) is 0.192. The number of nitrogens with zero attached hydrogens (tertiary/aromatic N) is 5. The summed E-state index contributed by atoms with van der Waals surface area (Å²) in [7, 11) is 3.78. The van der Waals surface area contributed by atoms with E-state index in [0.717, 1.165) is 16.8 Å². The Labute approximate surface area is 215 Å². The van der Waals surface area contributed by atoms with Gasteiger partial charge in [-0.1, -0.05) is 18.2 Å². The largest absolute Gasteiger partial charge is 0.412 e. The van der Waals surface area contributed by atoms with E-state index in [2.05, 4.69) is 20.4 Å². The highest BCUT2D eigenvalue weighted by Gasteiger charge is 2.14. The third-order valence-electron chi connectivity index (χ3n) is 5.33. The van der Waals surface area contributed by atoms with E-state index in [1.165, 1.54) is 24.5 Å². The van der Waals surface area contributed by atoms with Crippen LogP contribution in [0.4, 0.5) is 18.0 Å². The fourth-order valence-electron chi connectivity index (χ4n) is 3.44. The lowest BCUT2D eigenvalue weighted by Gasteiger charge is -2.11. The minimum absolute atomic E-state index is 0.00834. The second kappa shape index (κ2) is 11.6. The van der Waals surface area contributed by atoms with Gasteiger partial charge in [-0.25, -0.2) is 32.6 Å². The number of ether oxygens (including phenoxy) is 1. The molecule has 12 heteroatoms. The molecular formula is C26H23F3N6O3. The van der Waals surface area contributed by atoms with Crippen LogP contribution in [0.3, 0.4) is 0 Å². The van der Waals surface area contributed by atoms with Crippen LogP contribution in [-0.4, -0.2) is 57.9 Å². The Morgan fingerprint density at radius 2 is 1.71 bits per heavy atom. The fourth-order valence-corrected chi connectivity index (χ4v) is 3.44. The molecule has 196 valence electrons. The zero-order valence-electron chi connectivity index (χ0n) is 20.5. The molecule has 0 saturated carbocycles. The predicted octanol–water partition coefficient (Wildman–Crippen LogP) is 3.48. The molecule has 0 fully saturated rings. The van der Waals surface area contributed by atoms with Crippen molar-refractivity contribution in [2.75, 3.05) is 27.2 Å². The molecule has 2 aromatic heterocycles. The van der Waals surface area contributed by atoms with Gasteiger partial charge in [-0.2, -0.15) is 5.10 Å². The SMILES string of the molecule is CN(C)CCNC(=O)Oc1cnc(-c2cccc(Cn3nc(-c4cc(F)c(F)c(F)c4)ccc3=O)c2)nc1.